The lowest BCUT2D eigenvalue weighted by atomic mass is 10.2. The SMILES string of the molecule is O=C(Cn1c(=O)sc2ccccc21)Nc1cccc(C(=O)O)c1. The second-order valence-electron chi connectivity index (χ2n) is 4.86. The molecule has 23 heavy (non-hydrogen) atoms. The van der Waals surface area contributed by atoms with Crippen LogP contribution in [0.3, 0.4) is 0 Å². The van der Waals surface area contributed by atoms with Gasteiger partial charge in [-0.2, -0.15) is 0 Å². The molecule has 0 aliphatic rings. The molecule has 6 nitrogen and oxygen atoms in total. The van der Waals surface area contributed by atoms with Gasteiger partial charge in [0.1, 0.15) is 6.54 Å². The number of hydrogen-bond donors (Lipinski definition) is 2. The van der Waals surface area contributed by atoms with Crippen molar-refractivity contribution in [1.29, 1.82) is 0 Å². The van der Waals surface area contributed by atoms with E-state index in [9.17, 15) is 14.4 Å². The van der Waals surface area contributed by atoms with Crippen LogP contribution in [0.1, 0.15) is 10.4 Å². The van der Waals surface area contributed by atoms with E-state index >= 15 is 0 Å². The van der Waals surface area contributed by atoms with E-state index in [1.54, 1.807) is 24.3 Å². The van der Waals surface area contributed by atoms with E-state index in [0.717, 1.165) is 16.0 Å². The summed E-state index contributed by atoms with van der Waals surface area (Å²) in [7, 11) is 0. The maximum Gasteiger partial charge on any atom is 0.335 e. The molecule has 1 aromatic heterocycles. The molecule has 0 fully saturated rings. The minimum Gasteiger partial charge on any atom is -0.478 e. The summed E-state index contributed by atoms with van der Waals surface area (Å²) in [6.07, 6.45) is 0. The molecule has 0 aliphatic heterocycles. The maximum absolute atomic E-state index is 12.1. The van der Waals surface area contributed by atoms with Gasteiger partial charge in [-0.3, -0.25) is 14.2 Å². The van der Waals surface area contributed by atoms with Crippen LogP contribution in [0, 0.1) is 0 Å². The fourth-order valence-electron chi connectivity index (χ4n) is 2.24. The molecule has 1 amide bonds. The fourth-order valence-corrected chi connectivity index (χ4v) is 3.13. The number of thiazole rings is 1. The van der Waals surface area contributed by atoms with Gasteiger partial charge in [-0.05, 0) is 30.3 Å². The molecule has 0 aliphatic carbocycles. The van der Waals surface area contributed by atoms with Crippen molar-refractivity contribution in [2.24, 2.45) is 0 Å². The van der Waals surface area contributed by atoms with Crippen molar-refractivity contribution in [2.45, 2.75) is 6.54 Å². The summed E-state index contributed by atoms with van der Waals surface area (Å²) in [4.78, 5) is 34.9. The number of rotatable bonds is 4. The molecule has 0 unspecified atom stereocenters. The van der Waals surface area contributed by atoms with E-state index in [-0.39, 0.29) is 17.0 Å². The van der Waals surface area contributed by atoms with E-state index in [2.05, 4.69) is 5.32 Å². The van der Waals surface area contributed by atoms with Gasteiger partial charge in [-0.1, -0.05) is 29.5 Å². The van der Waals surface area contributed by atoms with Crippen LogP contribution in [0.4, 0.5) is 5.69 Å². The first kappa shape index (κ1) is 15.0. The molecule has 2 aromatic carbocycles. The van der Waals surface area contributed by atoms with Gasteiger partial charge in [-0.15, -0.1) is 0 Å². The van der Waals surface area contributed by atoms with Crippen LogP contribution in [0.2, 0.25) is 0 Å². The molecule has 2 N–H and O–H groups in total. The Kier molecular flexibility index (Phi) is 3.94. The number of carboxylic acids is 1. The molecule has 1 heterocycles. The van der Waals surface area contributed by atoms with E-state index in [1.807, 2.05) is 12.1 Å². The van der Waals surface area contributed by atoms with Crippen LogP contribution < -0.4 is 10.2 Å². The first-order valence-electron chi connectivity index (χ1n) is 6.76. The quantitative estimate of drug-likeness (QED) is 0.770. The van der Waals surface area contributed by atoms with Crippen LogP contribution in [0.25, 0.3) is 10.2 Å². The molecular weight excluding hydrogens is 316 g/mol. The third-order valence-corrected chi connectivity index (χ3v) is 4.23. The lowest BCUT2D eigenvalue weighted by Gasteiger charge is -2.07. The van der Waals surface area contributed by atoms with Crippen molar-refractivity contribution >= 4 is 39.1 Å². The summed E-state index contributed by atoms with van der Waals surface area (Å²) in [5, 5.41) is 11.6. The molecular formula is C16H12N2O4S. The maximum atomic E-state index is 12.1. The van der Waals surface area contributed by atoms with Crippen molar-refractivity contribution in [1.82, 2.24) is 4.57 Å². The summed E-state index contributed by atoms with van der Waals surface area (Å²) in [6, 6.07) is 13.2. The number of amides is 1. The number of carbonyl (C=O) groups is 2. The van der Waals surface area contributed by atoms with Crippen LogP contribution in [-0.4, -0.2) is 21.6 Å². The van der Waals surface area contributed by atoms with Gasteiger partial charge < -0.3 is 10.4 Å². The highest BCUT2D eigenvalue weighted by Gasteiger charge is 2.11. The Balaban J connectivity index is 1.82. The smallest absolute Gasteiger partial charge is 0.335 e. The summed E-state index contributed by atoms with van der Waals surface area (Å²) in [5.74, 6) is -1.46. The largest absolute Gasteiger partial charge is 0.478 e. The van der Waals surface area contributed by atoms with Crippen molar-refractivity contribution in [3.63, 3.8) is 0 Å². The lowest BCUT2D eigenvalue weighted by molar-refractivity contribution is -0.116. The van der Waals surface area contributed by atoms with Crippen molar-refractivity contribution < 1.29 is 14.7 Å². The van der Waals surface area contributed by atoms with E-state index in [0.29, 0.717) is 11.2 Å². The second-order valence-corrected chi connectivity index (χ2v) is 5.85. The Morgan fingerprint density at radius 3 is 2.70 bits per heavy atom. The number of anilines is 1. The standard InChI is InChI=1S/C16H12N2O4S/c19-14(17-11-5-3-4-10(8-11)15(20)21)9-18-12-6-1-2-7-13(12)23-16(18)22/h1-8H,9H2,(H,17,19)(H,20,21). The number of aromatic carboxylic acids is 1. The lowest BCUT2D eigenvalue weighted by Crippen LogP contribution is -2.24. The fraction of sp³-hybridized carbons (Fsp3) is 0.0625. The Labute approximate surface area is 134 Å². The van der Waals surface area contributed by atoms with Crippen LogP contribution in [0.5, 0.6) is 0 Å². The van der Waals surface area contributed by atoms with E-state index in [4.69, 9.17) is 5.11 Å². The summed E-state index contributed by atoms with van der Waals surface area (Å²) in [6.45, 7) is -0.125. The summed E-state index contributed by atoms with van der Waals surface area (Å²) in [5.41, 5.74) is 1.17. The number of nitrogens with one attached hydrogen (secondary N) is 1. The molecule has 0 saturated carbocycles. The molecule has 0 spiro atoms. The highest BCUT2D eigenvalue weighted by molar-refractivity contribution is 7.16. The normalized spacial score (nSPS) is 10.6. The van der Waals surface area contributed by atoms with Crippen molar-refractivity contribution in [2.75, 3.05) is 5.32 Å². The zero-order valence-corrected chi connectivity index (χ0v) is 12.7. The highest BCUT2D eigenvalue weighted by Crippen LogP contribution is 2.16. The molecule has 0 saturated heterocycles. The minimum atomic E-state index is -1.07. The Morgan fingerprint density at radius 2 is 1.91 bits per heavy atom. The topological polar surface area (TPSA) is 88.4 Å². The van der Waals surface area contributed by atoms with Gasteiger partial charge in [0.05, 0.1) is 15.8 Å². The number of hydrogen-bond acceptors (Lipinski definition) is 4. The highest BCUT2D eigenvalue weighted by atomic mass is 32.1. The molecule has 0 bridgehead atoms. The predicted octanol–water partition coefficient (Wildman–Crippen LogP) is 2.40. The first-order valence-corrected chi connectivity index (χ1v) is 7.58. The third-order valence-electron chi connectivity index (χ3n) is 3.27. The zero-order chi connectivity index (χ0) is 16.4. The second kappa shape index (κ2) is 6.05. The number of nitrogens with zero attached hydrogens (tertiary/aromatic N) is 1. The van der Waals surface area contributed by atoms with Gasteiger partial charge >= 0.3 is 10.8 Å². The molecule has 3 aromatic rings. The van der Waals surface area contributed by atoms with E-state index in [1.165, 1.54) is 16.7 Å². The Bertz CT molecular complexity index is 958. The molecule has 3 rings (SSSR count). The molecule has 0 radical (unpaired) electrons. The number of aromatic nitrogens is 1. The van der Waals surface area contributed by atoms with Crippen molar-refractivity contribution in [3.05, 3.63) is 63.8 Å². The van der Waals surface area contributed by atoms with Gasteiger partial charge in [0.25, 0.3) is 0 Å². The molecule has 7 heteroatoms. The van der Waals surface area contributed by atoms with Crippen LogP contribution >= 0.6 is 11.3 Å². The van der Waals surface area contributed by atoms with Crippen LogP contribution in [0.15, 0.2) is 53.3 Å². The van der Waals surface area contributed by atoms with Crippen molar-refractivity contribution in [3.8, 4) is 0 Å². The number of fused-ring (bicyclic) bond motifs is 1. The van der Waals surface area contributed by atoms with Gasteiger partial charge in [-0.25, -0.2) is 4.79 Å². The summed E-state index contributed by atoms with van der Waals surface area (Å²) >= 11 is 1.08. The Morgan fingerprint density at radius 1 is 1.13 bits per heavy atom. The Hall–Kier alpha value is -2.93. The average molecular weight is 328 g/mol. The zero-order valence-electron chi connectivity index (χ0n) is 11.9. The number of carboxylic acid groups (broad SMARTS) is 1. The summed E-state index contributed by atoms with van der Waals surface area (Å²) < 4.78 is 2.22. The number of para-hydroxylation sites is 1. The monoisotopic (exact) mass is 328 g/mol. The third kappa shape index (κ3) is 3.14. The number of carbonyl (C=O) groups excluding carboxylic acids is 1. The molecule has 0 atom stereocenters. The minimum absolute atomic E-state index is 0.0842. The van der Waals surface area contributed by atoms with Crippen LogP contribution in [-0.2, 0) is 11.3 Å². The van der Waals surface area contributed by atoms with Gasteiger partial charge in [0.2, 0.25) is 5.91 Å². The average Bonchev–Trinajstić information content (AvgIpc) is 2.83. The predicted molar refractivity (Wildman–Crippen MR) is 88.1 cm³/mol. The molecule has 116 valence electrons. The van der Waals surface area contributed by atoms with E-state index < -0.39 is 11.9 Å². The first-order chi connectivity index (χ1) is 11.0. The number of benzene rings is 2. The van der Waals surface area contributed by atoms with Gasteiger partial charge in [0, 0.05) is 5.69 Å². The van der Waals surface area contributed by atoms with Gasteiger partial charge in [0.15, 0.2) is 0 Å².